The van der Waals surface area contributed by atoms with E-state index in [1.165, 1.54) is 12.1 Å². The second-order valence-corrected chi connectivity index (χ2v) is 5.15. The molecule has 1 N–H and O–H groups in total. The third kappa shape index (κ3) is 3.85. The Morgan fingerprint density at radius 3 is 2.60 bits per heavy atom. The van der Waals surface area contributed by atoms with Gasteiger partial charge in [0, 0.05) is 22.7 Å². The first kappa shape index (κ1) is 15.1. The van der Waals surface area contributed by atoms with Gasteiger partial charge in [-0.05, 0) is 37.4 Å². The summed E-state index contributed by atoms with van der Waals surface area (Å²) < 4.78 is 18.7. The molecule has 0 aliphatic rings. The molecule has 0 bridgehead atoms. The highest BCUT2D eigenvalue weighted by Crippen LogP contribution is 2.25. The van der Waals surface area contributed by atoms with Crippen LogP contribution in [-0.4, -0.2) is 7.05 Å². The second-order valence-electron chi connectivity index (χ2n) is 4.31. The van der Waals surface area contributed by atoms with Crippen LogP contribution < -0.4 is 10.1 Å². The van der Waals surface area contributed by atoms with Gasteiger partial charge < -0.3 is 10.1 Å². The Labute approximate surface area is 127 Å². The van der Waals surface area contributed by atoms with E-state index in [1.807, 2.05) is 19.2 Å². The summed E-state index contributed by atoms with van der Waals surface area (Å²) in [6.45, 7) is 0.921. The smallest absolute Gasteiger partial charge is 0.124 e. The van der Waals surface area contributed by atoms with Gasteiger partial charge in [-0.1, -0.05) is 29.3 Å². The normalized spacial score (nSPS) is 10.6. The maximum absolute atomic E-state index is 13.0. The van der Waals surface area contributed by atoms with Crippen LogP contribution in [0.3, 0.4) is 0 Å². The van der Waals surface area contributed by atoms with Crippen molar-refractivity contribution in [2.24, 2.45) is 0 Å². The van der Waals surface area contributed by atoms with Crippen LogP contribution in [-0.2, 0) is 13.2 Å². The largest absolute Gasteiger partial charge is 0.489 e. The molecule has 2 nitrogen and oxygen atoms in total. The molecule has 0 radical (unpaired) electrons. The van der Waals surface area contributed by atoms with Gasteiger partial charge in [0.1, 0.15) is 18.2 Å². The van der Waals surface area contributed by atoms with E-state index in [4.69, 9.17) is 27.9 Å². The Morgan fingerprint density at radius 1 is 1.10 bits per heavy atom. The average Bonchev–Trinajstić information content (AvgIpc) is 2.40. The molecule has 5 heteroatoms. The van der Waals surface area contributed by atoms with Gasteiger partial charge in [-0.25, -0.2) is 4.39 Å². The predicted octanol–water partition coefficient (Wildman–Crippen LogP) is 4.43. The van der Waals surface area contributed by atoms with Crippen molar-refractivity contribution in [3.05, 3.63) is 63.4 Å². The predicted molar refractivity (Wildman–Crippen MR) is 80.0 cm³/mol. The summed E-state index contributed by atoms with van der Waals surface area (Å²) in [6.07, 6.45) is 0. The van der Waals surface area contributed by atoms with Gasteiger partial charge in [0.15, 0.2) is 0 Å². The summed E-state index contributed by atoms with van der Waals surface area (Å²) in [5.41, 5.74) is 1.69. The zero-order chi connectivity index (χ0) is 14.5. The molecule has 0 fully saturated rings. The van der Waals surface area contributed by atoms with E-state index in [9.17, 15) is 4.39 Å². The van der Waals surface area contributed by atoms with Gasteiger partial charge in [0.25, 0.3) is 0 Å². The second kappa shape index (κ2) is 6.93. The molecule has 0 saturated heterocycles. The van der Waals surface area contributed by atoms with Crippen LogP contribution in [0.4, 0.5) is 4.39 Å². The number of nitrogens with one attached hydrogen (secondary N) is 1. The number of rotatable bonds is 5. The summed E-state index contributed by atoms with van der Waals surface area (Å²) in [5.74, 6) is 0.366. The highest BCUT2D eigenvalue weighted by atomic mass is 35.5. The average molecular weight is 314 g/mol. The number of hydrogen-bond donors (Lipinski definition) is 1. The Balaban J connectivity index is 2.14. The van der Waals surface area contributed by atoms with E-state index in [1.54, 1.807) is 12.1 Å². The van der Waals surface area contributed by atoms with E-state index in [-0.39, 0.29) is 12.4 Å². The summed E-state index contributed by atoms with van der Waals surface area (Å²) in [7, 11) is 1.85. The minimum Gasteiger partial charge on any atom is -0.489 e. The van der Waals surface area contributed by atoms with Crippen LogP contribution in [0.15, 0.2) is 36.4 Å². The lowest BCUT2D eigenvalue weighted by Crippen LogP contribution is -2.07. The zero-order valence-electron chi connectivity index (χ0n) is 10.9. The molecule has 0 aliphatic carbocycles. The fourth-order valence-electron chi connectivity index (χ4n) is 1.81. The third-order valence-electron chi connectivity index (χ3n) is 2.79. The first-order valence-corrected chi connectivity index (χ1v) is 6.85. The maximum atomic E-state index is 13.0. The molecule has 0 aliphatic heterocycles. The fraction of sp³-hybridized carbons (Fsp3) is 0.200. The number of benzene rings is 2. The molecule has 0 atom stereocenters. The number of ether oxygens (including phenoxy) is 1. The van der Waals surface area contributed by atoms with E-state index in [0.717, 1.165) is 16.9 Å². The minimum atomic E-state index is -0.360. The molecule has 0 saturated carbocycles. The van der Waals surface area contributed by atoms with E-state index in [0.29, 0.717) is 16.6 Å². The maximum Gasteiger partial charge on any atom is 0.124 e. The topological polar surface area (TPSA) is 21.3 Å². The third-order valence-corrected chi connectivity index (χ3v) is 3.37. The van der Waals surface area contributed by atoms with Gasteiger partial charge in [-0.15, -0.1) is 0 Å². The summed E-state index contributed by atoms with van der Waals surface area (Å²) in [4.78, 5) is 0. The van der Waals surface area contributed by atoms with Gasteiger partial charge in [-0.2, -0.15) is 0 Å². The molecule has 0 unspecified atom stereocenters. The van der Waals surface area contributed by atoms with Crippen molar-refractivity contribution in [1.82, 2.24) is 5.32 Å². The Morgan fingerprint density at radius 2 is 1.90 bits per heavy atom. The summed E-state index contributed by atoms with van der Waals surface area (Å²) >= 11 is 11.9. The van der Waals surface area contributed by atoms with Gasteiger partial charge in [0.2, 0.25) is 0 Å². The van der Waals surface area contributed by atoms with E-state index >= 15 is 0 Å². The van der Waals surface area contributed by atoms with Crippen molar-refractivity contribution in [2.75, 3.05) is 7.05 Å². The van der Waals surface area contributed by atoms with Crippen molar-refractivity contribution in [3.8, 4) is 5.75 Å². The molecular weight excluding hydrogens is 300 g/mol. The Hall–Kier alpha value is -1.29. The molecule has 2 aromatic rings. The highest BCUT2D eigenvalue weighted by Gasteiger charge is 2.07. The molecule has 0 amide bonds. The van der Waals surface area contributed by atoms with Crippen molar-refractivity contribution < 1.29 is 9.13 Å². The van der Waals surface area contributed by atoms with Crippen molar-refractivity contribution in [1.29, 1.82) is 0 Å². The lowest BCUT2D eigenvalue weighted by molar-refractivity contribution is 0.302. The monoisotopic (exact) mass is 313 g/mol. The Kier molecular flexibility index (Phi) is 5.24. The fourth-order valence-corrected chi connectivity index (χ4v) is 2.23. The van der Waals surface area contributed by atoms with Gasteiger partial charge >= 0.3 is 0 Å². The molecule has 2 aromatic carbocycles. The lowest BCUT2D eigenvalue weighted by Gasteiger charge is -2.12. The first-order chi connectivity index (χ1) is 9.60. The lowest BCUT2D eigenvalue weighted by atomic mass is 10.2. The van der Waals surface area contributed by atoms with Crippen LogP contribution in [0.2, 0.25) is 10.0 Å². The van der Waals surface area contributed by atoms with Crippen molar-refractivity contribution in [2.45, 2.75) is 13.2 Å². The summed E-state index contributed by atoms with van der Waals surface area (Å²) in [6, 6.07) is 9.68. The Bertz CT molecular complexity index is 604. The molecular formula is C15H14Cl2FNO. The van der Waals surface area contributed by atoms with Crippen LogP contribution >= 0.6 is 23.2 Å². The number of halogens is 3. The molecule has 106 valence electrons. The molecule has 0 spiro atoms. The SMILES string of the molecule is CNCc1cc(Cl)ccc1OCc1ccc(F)cc1Cl. The zero-order valence-corrected chi connectivity index (χ0v) is 12.4. The quantitative estimate of drug-likeness (QED) is 0.881. The highest BCUT2D eigenvalue weighted by molar-refractivity contribution is 6.31. The van der Waals surface area contributed by atoms with Crippen molar-refractivity contribution in [3.63, 3.8) is 0 Å². The van der Waals surface area contributed by atoms with Crippen LogP contribution in [0.25, 0.3) is 0 Å². The molecule has 20 heavy (non-hydrogen) atoms. The molecule has 2 rings (SSSR count). The summed E-state index contributed by atoms with van der Waals surface area (Å²) in [5, 5.41) is 4.07. The minimum absolute atomic E-state index is 0.275. The van der Waals surface area contributed by atoms with E-state index < -0.39 is 0 Å². The molecule has 0 heterocycles. The standard InChI is InChI=1S/C15H14Cl2FNO/c1-19-8-11-6-12(16)3-5-15(11)20-9-10-2-4-13(18)7-14(10)17/h2-7,19H,8-9H2,1H3. The van der Waals surface area contributed by atoms with Crippen LogP contribution in [0.1, 0.15) is 11.1 Å². The van der Waals surface area contributed by atoms with Gasteiger partial charge in [0.05, 0.1) is 5.02 Å². The van der Waals surface area contributed by atoms with Crippen LogP contribution in [0, 0.1) is 5.82 Å². The number of hydrogen-bond acceptors (Lipinski definition) is 2. The van der Waals surface area contributed by atoms with Crippen molar-refractivity contribution >= 4 is 23.2 Å². The first-order valence-electron chi connectivity index (χ1n) is 6.10. The molecule has 0 aromatic heterocycles. The van der Waals surface area contributed by atoms with Crippen LogP contribution in [0.5, 0.6) is 5.75 Å². The van der Waals surface area contributed by atoms with Gasteiger partial charge in [-0.3, -0.25) is 0 Å². The van der Waals surface area contributed by atoms with E-state index in [2.05, 4.69) is 5.32 Å².